The number of amides is 1. The Hall–Kier alpha value is -3.67. The molecule has 1 fully saturated rings. The van der Waals surface area contributed by atoms with Gasteiger partial charge in [-0.2, -0.15) is 5.10 Å². The minimum atomic E-state index is -0.161. The standard InChI is InChI=1S/C24H23N5O/c1-17-22(16-25-29(17)19-10-3-2-4-11-19)27-24(30)20-15-18-9-5-6-12-21(18)26-23(20)28-13-7-8-14-28/h2-6,9-12,15-16H,7-8,13-14H2,1H3,(H,27,30). The first-order valence-electron chi connectivity index (χ1n) is 10.3. The fraction of sp³-hybridized carbons (Fsp3) is 0.208. The zero-order valence-corrected chi connectivity index (χ0v) is 16.9. The summed E-state index contributed by atoms with van der Waals surface area (Å²) in [6.45, 7) is 3.81. The molecule has 0 spiro atoms. The number of aromatic nitrogens is 3. The van der Waals surface area contributed by atoms with Crippen LogP contribution in [-0.2, 0) is 0 Å². The zero-order chi connectivity index (χ0) is 20.5. The predicted octanol–water partition coefficient (Wildman–Crippen LogP) is 4.58. The van der Waals surface area contributed by atoms with E-state index in [-0.39, 0.29) is 5.91 Å². The molecule has 0 saturated carbocycles. The molecule has 0 unspecified atom stereocenters. The summed E-state index contributed by atoms with van der Waals surface area (Å²) < 4.78 is 1.83. The van der Waals surface area contributed by atoms with Gasteiger partial charge in [-0.05, 0) is 44.0 Å². The van der Waals surface area contributed by atoms with Gasteiger partial charge in [-0.1, -0.05) is 36.4 Å². The van der Waals surface area contributed by atoms with Crippen LogP contribution in [0.15, 0.2) is 66.9 Å². The number of nitrogens with one attached hydrogen (secondary N) is 1. The molecule has 6 heteroatoms. The maximum Gasteiger partial charge on any atom is 0.259 e. The summed E-state index contributed by atoms with van der Waals surface area (Å²) >= 11 is 0. The number of carbonyl (C=O) groups is 1. The lowest BCUT2D eigenvalue weighted by molar-refractivity contribution is 0.102. The van der Waals surface area contributed by atoms with Crippen LogP contribution < -0.4 is 10.2 Å². The minimum absolute atomic E-state index is 0.161. The summed E-state index contributed by atoms with van der Waals surface area (Å²) in [7, 11) is 0. The van der Waals surface area contributed by atoms with Crippen molar-refractivity contribution in [2.24, 2.45) is 0 Å². The molecule has 0 aliphatic carbocycles. The lowest BCUT2D eigenvalue weighted by Gasteiger charge is -2.20. The van der Waals surface area contributed by atoms with Crippen molar-refractivity contribution >= 4 is 28.3 Å². The van der Waals surface area contributed by atoms with Crippen molar-refractivity contribution in [2.75, 3.05) is 23.3 Å². The largest absolute Gasteiger partial charge is 0.356 e. The maximum absolute atomic E-state index is 13.3. The number of rotatable bonds is 4. The highest BCUT2D eigenvalue weighted by Gasteiger charge is 2.23. The van der Waals surface area contributed by atoms with E-state index >= 15 is 0 Å². The lowest BCUT2D eigenvalue weighted by atomic mass is 10.1. The molecule has 1 aliphatic rings. The molecule has 1 aliphatic heterocycles. The summed E-state index contributed by atoms with van der Waals surface area (Å²) in [5.74, 6) is 0.600. The van der Waals surface area contributed by atoms with Gasteiger partial charge in [0.15, 0.2) is 0 Å². The van der Waals surface area contributed by atoms with Crippen molar-refractivity contribution in [3.63, 3.8) is 0 Å². The third-order valence-electron chi connectivity index (χ3n) is 5.61. The van der Waals surface area contributed by atoms with Gasteiger partial charge in [-0.15, -0.1) is 0 Å². The summed E-state index contributed by atoms with van der Waals surface area (Å²) in [4.78, 5) is 20.4. The fourth-order valence-corrected chi connectivity index (χ4v) is 3.99. The van der Waals surface area contributed by atoms with E-state index in [2.05, 4.69) is 15.3 Å². The molecule has 2 aromatic heterocycles. The molecule has 30 heavy (non-hydrogen) atoms. The van der Waals surface area contributed by atoms with Crippen LogP contribution in [-0.4, -0.2) is 33.8 Å². The monoisotopic (exact) mass is 397 g/mol. The Bertz CT molecular complexity index is 1210. The van der Waals surface area contributed by atoms with Crippen molar-refractivity contribution in [3.8, 4) is 5.69 Å². The van der Waals surface area contributed by atoms with Gasteiger partial charge in [0.25, 0.3) is 5.91 Å². The van der Waals surface area contributed by atoms with Crippen molar-refractivity contribution in [3.05, 3.63) is 78.1 Å². The Kier molecular flexibility index (Phi) is 4.67. The summed E-state index contributed by atoms with van der Waals surface area (Å²) in [6, 6.07) is 19.8. The molecular weight excluding hydrogens is 374 g/mol. The van der Waals surface area contributed by atoms with Gasteiger partial charge in [0.05, 0.1) is 34.3 Å². The molecule has 2 aromatic carbocycles. The lowest BCUT2D eigenvalue weighted by Crippen LogP contribution is -2.24. The van der Waals surface area contributed by atoms with Crippen molar-refractivity contribution in [2.45, 2.75) is 19.8 Å². The number of benzene rings is 2. The molecule has 1 N–H and O–H groups in total. The van der Waals surface area contributed by atoms with Crippen molar-refractivity contribution < 1.29 is 4.79 Å². The van der Waals surface area contributed by atoms with E-state index in [1.807, 2.05) is 72.3 Å². The van der Waals surface area contributed by atoms with Gasteiger partial charge in [0, 0.05) is 18.5 Å². The van der Waals surface area contributed by atoms with Crippen LogP contribution >= 0.6 is 0 Å². The Balaban J connectivity index is 1.51. The first kappa shape index (κ1) is 18.4. The quantitative estimate of drug-likeness (QED) is 0.547. The van der Waals surface area contributed by atoms with Crippen LogP contribution in [0.3, 0.4) is 0 Å². The molecule has 1 amide bonds. The first-order valence-corrected chi connectivity index (χ1v) is 10.3. The van der Waals surface area contributed by atoms with Gasteiger partial charge in [0.2, 0.25) is 0 Å². The second-order valence-electron chi connectivity index (χ2n) is 7.59. The Morgan fingerprint density at radius 1 is 1.00 bits per heavy atom. The highest BCUT2D eigenvalue weighted by molar-refractivity contribution is 6.09. The molecule has 0 atom stereocenters. The average Bonchev–Trinajstić information content (AvgIpc) is 3.44. The summed E-state index contributed by atoms with van der Waals surface area (Å²) in [6.07, 6.45) is 3.95. The molecule has 0 radical (unpaired) electrons. The third kappa shape index (κ3) is 3.30. The number of fused-ring (bicyclic) bond motifs is 1. The van der Waals surface area contributed by atoms with Crippen LogP contribution in [0.5, 0.6) is 0 Å². The number of hydrogen-bond acceptors (Lipinski definition) is 4. The highest BCUT2D eigenvalue weighted by Crippen LogP contribution is 2.28. The van der Waals surface area contributed by atoms with Crippen LogP contribution in [0.2, 0.25) is 0 Å². The Morgan fingerprint density at radius 2 is 1.73 bits per heavy atom. The van der Waals surface area contributed by atoms with Crippen LogP contribution in [0, 0.1) is 6.92 Å². The van der Waals surface area contributed by atoms with E-state index in [0.29, 0.717) is 11.3 Å². The Labute approximate surface area is 175 Å². The second-order valence-corrected chi connectivity index (χ2v) is 7.59. The van der Waals surface area contributed by atoms with E-state index in [1.54, 1.807) is 6.20 Å². The van der Waals surface area contributed by atoms with E-state index in [4.69, 9.17) is 4.98 Å². The average molecular weight is 397 g/mol. The fourth-order valence-electron chi connectivity index (χ4n) is 3.99. The molecular formula is C24H23N5O. The van der Waals surface area contributed by atoms with Gasteiger partial charge in [0.1, 0.15) is 5.82 Å². The van der Waals surface area contributed by atoms with Crippen LogP contribution in [0.25, 0.3) is 16.6 Å². The zero-order valence-electron chi connectivity index (χ0n) is 16.9. The number of para-hydroxylation sites is 2. The van der Waals surface area contributed by atoms with Crippen molar-refractivity contribution in [1.82, 2.24) is 14.8 Å². The maximum atomic E-state index is 13.3. The SMILES string of the molecule is Cc1c(NC(=O)c2cc3ccccc3nc2N2CCCC2)cnn1-c1ccccc1. The van der Waals surface area contributed by atoms with Crippen LogP contribution in [0.4, 0.5) is 11.5 Å². The van der Waals surface area contributed by atoms with Gasteiger partial charge < -0.3 is 10.2 Å². The number of nitrogens with zero attached hydrogens (tertiary/aromatic N) is 4. The number of anilines is 2. The summed E-state index contributed by atoms with van der Waals surface area (Å²) in [5, 5.41) is 8.48. The van der Waals surface area contributed by atoms with Gasteiger partial charge >= 0.3 is 0 Å². The Morgan fingerprint density at radius 3 is 2.53 bits per heavy atom. The van der Waals surface area contributed by atoms with Gasteiger partial charge in [-0.25, -0.2) is 9.67 Å². The number of hydrogen-bond donors (Lipinski definition) is 1. The predicted molar refractivity (Wildman–Crippen MR) is 119 cm³/mol. The van der Waals surface area contributed by atoms with E-state index in [9.17, 15) is 4.79 Å². The highest BCUT2D eigenvalue weighted by atomic mass is 16.1. The number of pyridine rings is 1. The normalized spacial score (nSPS) is 13.7. The molecule has 1 saturated heterocycles. The first-order chi connectivity index (χ1) is 14.7. The van der Waals surface area contributed by atoms with E-state index in [1.165, 1.54) is 0 Å². The molecule has 5 rings (SSSR count). The molecule has 4 aromatic rings. The topological polar surface area (TPSA) is 63.1 Å². The number of carbonyl (C=O) groups excluding carboxylic acids is 1. The minimum Gasteiger partial charge on any atom is -0.356 e. The molecule has 3 heterocycles. The smallest absolute Gasteiger partial charge is 0.259 e. The molecule has 150 valence electrons. The second kappa shape index (κ2) is 7.63. The van der Waals surface area contributed by atoms with Crippen molar-refractivity contribution in [1.29, 1.82) is 0 Å². The van der Waals surface area contributed by atoms with Crippen LogP contribution in [0.1, 0.15) is 28.9 Å². The van der Waals surface area contributed by atoms with E-state index in [0.717, 1.165) is 54.0 Å². The summed E-state index contributed by atoms with van der Waals surface area (Å²) in [5.41, 5.74) is 4.04. The molecule has 6 nitrogen and oxygen atoms in total. The third-order valence-corrected chi connectivity index (χ3v) is 5.61. The van der Waals surface area contributed by atoms with E-state index < -0.39 is 0 Å². The van der Waals surface area contributed by atoms with Gasteiger partial charge in [-0.3, -0.25) is 4.79 Å². The molecule has 0 bridgehead atoms.